The van der Waals surface area contributed by atoms with Gasteiger partial charge in [0.2, 0.25) is 0 Å². The maximum Gasteiger partial charge on any atom is 0.178 e. The summed E-state index contributed by atoms with van der Waals surface area (Å²) in [6.07, 6.45) is 16.7. The van der Waals surface area contributed by atoms with Crippen molar-refractivity contribution < 1.29 is 9.84 Å². The van der Waals surface area contributed by atoms with Crippen molar-refractivity contribution in [2.24, 2.45) is 0 Å². The van der Waals surface area contributed by atoms with Gasteiger partial charge in [-0.1, -0.05) is 56.2 Å². The Morgan fingerprint density at radius 3 is 2.38 bits per heavy atom. The van der Waals surface area contributed by atoms with E-state index in [0.717, 1.165) is 37.0 Å². The van der Waals surface area contributed by atoms with E-state index in [0.29, 0.717) is 17.6 Å². The highest BCUT2D eigenvalue weighted by Gasteiger charge is 2.05. The van der Waals surface area contributed by atoms with Gasteiger partial charge in [0, 0.05) is 24.6 Å². The first-order chi connectivity index (χ1) is 15.7. The van der Waals surface area contributed by atoms with E-state index in [4.69, 9.17) is 4.74 Å². The second-order valence-electron chi connectivity index (χ2n) is 8.04. The minimum atomic E-state index is 0.126. The number of pyridine rings is 1. The number of ether oxygens (including phenoxy) is 1. The van der Waals surface area contributed by atoms with Crippen LogP contribution in [0.15, 0.2) is 61.1 Å². The maximum atomic E-state index is 9.35. The normalized spacial score (nSPS) is 12.3. The molecule has 0 spiro atoms. The van der Waals surface area contributed by atoms with Crippen LogP contribution in [-0.2, 0) is 4.74 Å². The van der Waals surface area contributed by atoms with E-state index in [1.54, 1.807) is 24.5 Å². The topological polar surface area (TPSA) is 68.1 Å². The van der Waals surface area contributed by atoms with Crippen molar-refractivity contribution in [3.05, 3.63) is 66.6 Å². The van der Waals surface area contributed by atoms with E-state index < -0.39 is 0 Å². The molecular weight excluding hydrogens is 398 g/mol. The molecule has 168 valence electrons. The fourth-order valence-electron chi connectivity index (χ4n) is 3.38. The SMILES string of the molecule is CCCCCOC(C)CCC/C=C/c1ccc(-c2cnc(-c3ccc(O)cn3)nc2)cc1. The molecule has 0 fully saturated rings. The van der Waals surface area contributed by atoms with Crippen LogP contribution in [0.1, 0.15) is 57.9 Å². The Labute approximate surface area is 191 Å². The Kier molecular flexibility index (Phi) is 9.38. The molecule has 0 radical (unpaired) electrons. The zero-order valence-corrected chi connectivity index (χ0v) is 19.1. The van der Waals surface area contributed by atoms with Crippen molar-refractivity contribution in [1.29, 1.82) is 0 Å². The molecule has 1 N–H and O–H groups in total. The van der Waals surface area contributed by atoms with Crippen molar-refractivity contribution in [3.63, 3.8) is 0 Å². The summed E-state index contributed by atoms with van der Waals surface area (Å²) in [5.41, 5.74) is 3.84. The molecule has 1 unspecified atom stereocenters. The van der Waals surface area contributed by atoms with Crippen LogP contribution in [-0.4, -0.2) is 32.8 Å². The summed E-state index contributed by atoms with van der Waals surface area (Å²) in [4.78, 5) is 13.0. The molecular formula is C27H33N3O2. The fourth-order valence-corrected chi connectivity index (χ4v) is 3.38. The molecule has 0 saturated heterocycles. The second-order valence-corrected chi connectivity index (χ2v) is 8.04. The number of benzene rings is 1. The van der Waals surface area contributed by atoms with E-state index in [-0.39, 0.29) is 5.75 Å². The molecule has 0 aliphatic carbocycles. The molecule has 3 aromatic rings. The van der Waals surface area contributed by atoms with Crippen molar-refractivity contribution in [1.82, 2.24) is 15.0 Å². The minimum Gasteiger partial charge on any atom is -0.506 e. The van der Waals surface area contributed by atoms with Crippen LogP contribution in [0.3, 0.4) is 0 Å². The first kappa shape index (κ1) is 23.6. The average molecular weight is 432 g/mol. The molecule has 0 aliphatic rings. The van der Waals surface area contributed by atoms with Gasteiger partial charge in [-0.2, -0.15) is 0 Å². The van der Waals surface area contributed by atoms with Gasteiger partial charge in [-0.05, 0) is 55.9 Å². The molecule has 1 atom stereocenters. The van der Waals surface area contributed by atoms with Crippen LogP contribution < -0.4 is 0 Å². The van der Waals surface area contributed by atoms with Gasteiger partial charge < -0.3 is 9.84 Å². The number of allylic oxidation sites excluding steroid dienone is 1. The van der Waals surface area contributed by atoms with Gasteiger partial charge in [0.15, 0.2) is 5.82 Å². The largest absolute Gasteiger partial charge is 0.506 e. The first-order valence-corrected chi connectivity index (χ1v) is 11.5. The highest BCUT2D eigenvalue weighted by Crippen LogP contribution is 2.21. The summed E-state index contributed by atoms with van der Waals surface area (Å²) in [5.74, 6) is 0.662. The van der Waals surface area contributed by atoms with Crippen LogP contribution >= 0.6 is 0 Å². The van der Waals surface area contributed by atoms with E-state index in [2.05, 4.69) is 65.2 Å². The van der Waals surface area contributed by atoms with Gasteiger partial charge in [-0.3, -0.25) is 0 Å². The number of nitrogens with zero attached hydrogens (tertiary/aromatic N) is 3. The molecule has 32 heavy (non-hydrogen) atoms. The number of unbranched alkanes of at least 4 members (excludes halogenated alkanes) is 3. The summed E-state index contributed by atoms with van der Waals surface area (Å²) in [6, 6.07) is 11.7. The van der Waals surface area contributed by atoms with Crippen molar-refractivity contribution >= 4 is 6.08 Å². The van der Waals surface area contributed by atoms with Gasteiger partial charge in [0.1, 0.15) is 11.4 Å². The third kappa shape index (κ3) is 7.57. The van der Waals surface area contributed by atoms with Gasteiger partial charge >= 0.3 is 0 Å². The van der Waals surface area contributed by atoms with Gasteiger partial charge in [0.25, 0.3) is 0 Å². The molecule has 0 aliphatic heterocycles. The van der Waals surface area contributed by atoms with E-state index in [9.17, 15) is 5.11 Å². The molecule has 5 nitrogen and oxygen atoms in total. The lowest BCUT2D eigenvalue weighted by Crippen LogP contribution is -2.08. The lowest BCUT2D eigenvalue weighted by molar-refractivity contribution is 0.0566. The fraction of sp³-hybridized carbons (Fsp3) is 0.370. The third-order valence-corrected chi connectivity index (χ3v) is 5.31. The number of hydrogen-bond acceptors (Lipinski definition) is 5. The predicted molar refractivity (Wildman–Crippen MR) is 130 cm³/mol. The van der Waals surface area contributed by atoms with Crippen LogP contribution in [0.4, 0.5) is 0 Å². The maximum absolute atomic E-state index is 9.35. The Hall–Kier alpha value is -3.05. The van der Waals surface area contributed by atoms with E-state index in [1.807, 2.05) is 0 Å². The zero-order valence-electron chi connectivity index (χ0n) is 19.1. The predicted octanol–water partition coefficient (Wildman–Crippen LogP) is 6.69. The molecule has 0 amide bonds. The van der Waals surface area contributed by atoms with Gasteiger partial charge in [-0.15, -0.1) is 0 Å². The van der Waals surface area contributed by atoms with E-state index >= 15 is 0 Å². The minimum absolute atomic E-state index is 0.126. The zero-order chi connectivity index (χ0) is 22.6. The highest BCUT2D eigenvalue weighted by atomic mass is 16.5. The monoisotopic (exact) mass is 431 g/mol. The lowest BCUT2D eigenvalue weighted by Gasteiger charge is -2.12. The molecule has 0 bridgehead atoms. The summed E-state index contributed by atoms with van der Waals surface area (Å²) in [7, 11) is 0. The molecule has 0 saturated carbocycles. The van der Waals surface area contributed by atoms with Crippen LogP contribution in [0.25, 0.3) is 28.7 Å². The van der Waals surface area contributed by atoms with Gasteiger partial charge in [0.05, 0.1) is 12.3 Å². The third-order valence-electron chi connectivity index (χ3n) is 5.31. The van der Waals surface area contributed by atoms with Gasteiger partial charge in [-0.25, -0.2) is 15.0 Å². The quantitative estimate of drug-likeness (QED) is 0.324. The summed E-state index contributed by atoms with van der Waals surface area (Å²) < 4.78 is 5.85. The number of hydrogen-bond donors (Lipinski definition) is 1. The number of aromatic hydroxyl groups is 1. The Morgan fingerprint density at radius 1 is 0.906 bits per heavy atom. The molecule has 2 heterocycles. The lowest BCUT2D eigenvalue weighted by atomic mass is 10.1. The van der Waals surface area contributed by atoms with Crippen molar-refractivity contribution in [3.8, 4) is 28.4 Å². The standard InChI is InChI=1S/C27H33N3O2/c1-3-4-8-17-32-21(2)9-6-5-7-10-22-11-13-23(14-12-22)24-18-29-27(30-19-24)26-16-15-25(31)20-28-26/h7,10-16,18-21,31H,3-6,8-9,17H2,1-2H3/b10-7+. The average Bonchev–Trinajstić information content (AvgIpc) is 2.83. The molecule has 2 aromatic heterocycles. The van der Waals surface area contributed by atoms with Crippen LogP contribution in [0.5, 0.6) is 5.75 Å². The molecule has 5 heteroatoms. The smallest absolute Gasteiger partial charge is 0.178 e. The Morgan fingerprint density at radius 2 is 1.69 bits per heavy atom. The second kappa shape index (κ2) is 12.7. The van der Waals surface area contributed by atoms with Crippen LogP contribution in [0, 0.1) is 0 Å². The van der Waals surface area contributed by atoms with Crippen molar-refractivity contribution in [2.75, 3.05) is 6.61 Å². The Bertz CT molecular complexity index is 952. The Balaban J connectivity index is 1.45. The van der Waals surface area contributed by atoms with Crippen LogP contribution in [0.2, 0.25) is 0 Å². The summed E-state index contributed by atoms with van der Waals surface area (Å²) in [6.45, 7) is 5.28. The van der Waals surface area contributed by atoms with Crippen molar-refractivity contribution in [2.45, 2.75) is 58.5 Å². The van der Waals surface area contributed by atoms with E-state index in [1.165, 1.54) is 31.0 Å². The summed E-state index contributed by atoms with van der Waals surface area (Å²) >= 11 is 0. The molecule has 1 aromatic carbocycles. The number of aromatic nitrogens is 3. The summed E-state index contributed by atoms with van der Waals surface area (Å²) in [5, 5.41) is 9.35. The highest BCUT2D eigenvalue weighted by molar-refractivity contribution is 5.65. The number of rotatable bonds is 12. The first-order valence-electron chi connectivity index (χ1n) is 11.5. The molecule has 3 rings (SSSR count).